The molecule has 0 aromatic heterocycles. The predicted octanol–water partition coefficient (Wildman–Crippen LogP) is 3.54. The van der Waals surface area contributed by atoms with Crippen molar-refractivity contribution >= 4 is 5.78 Å². The summed E-state index contributed by atoms with van der Waals surface area (Å²) in [6.45, 7) is 7.53. The molecule has 0 saturated heterocycles. The zero-order chi connectivity index (χ0) is 13.5. The molecule has 0 aliphatic carbocycles. The molecule has 0 N–H and O–H groups in total. The smallest absolute Gasteiger partial charge is 0.164 e. The number of carbonyl (C=O) groups excluding carboxylic acids is 1. The molecular formula is C16H20O2. The monoisotopic (exact) mass is 244 g/mol. The molecule has 0 unspecified atom stereocenters. The largest absolute Gasteiger partial charge is 0.501 e. The van der Waals surface area contributed by atoms with Crippen LogP contribution in [0.15, 0.2) is 54.3 Å². The van der Waals surface area contributed by atoms with Crippen LogP contribution in [0.25, 0.3) is 0 Å². The number of methoxy groups -OCH3 is 1. The molecule has 2 nitrogen and oxygen atoms in total. The number of Topliss-reactive ketones (excluding diaryl/α,β-unsaturated/α-hetero) is 1. The molecule has 0 fully saturated rings. The number of hydrogen-bond acceptors (Lipinski definition) is 2. The van der Waals surface area contributed by atoms with Gasteiger partial charge in [0.15, 0.2) is 5.78 Å². The summed E-state index contributed by atoms with van der Waals surface area (Å²) in [6.07, 6.45) is 2.40. The average molecular weight is 244 g/mol. The van der Waals surface area contributed by atoms with E-state index in [2.05, 4.69) is 6.58 Å². The highest BCUT2D eigenvalue weighted by atomic mass is 16.5. The van der Waals surface area contributed by atoms with Gasteiger partial charge in [0.05, 0.1) is 7.11 Å². The fraction of sp³-hybridized carbons (Fsp3) is 0.312. The van der Waals surface area contributed by atoms with Crippen molar-refractivity contribution < 1.29 is 9.53 Å². The standard InChI is InChI=1S/C16H20O2/c1-12(2)16(17)13(3)10-15(18-4)11-14-8-6-5-7-9-14/h5-10,12H,3,11H2,1-2,4H3/b15-10-. The molecule has 0 radical (unpaired) electrons. The molecule has 0 amide bonds. The number of hydrogen-bond donors (Lipinski definition) is 0. The number of ketones is 1. The van der Waals surface area contributed by atoms with Crippen molar-refractivity contribution in [2.75, 3.05) is 7.11 Å². The minimum atomic E-state index is -0.0384. The summed E-state index contributed by atoms with van der Waals surface area (Å²) in [5.41, 5.74) is 1.65. The van der Waals surface area contributed by atoms with Gasteiger partial charge in [-0.2, -0.15) is 0 Å². The van der Waals surface area contributed by atoms with Crippen molar-refractivity contribution in [2.45, 2.75) is 20.3 Å². The van der Waals surface area contributed by atoms with Crippen molar-refractivity contribution in [1.82, 2.24) is 0 Å². The first-order chi connectivity index (χ1) is 8.54. The van der Waals surface area contributed by atoms with Crippen molar-refractivity contribution in [1.29, 1.82) is 0 Å². The number of allylic oxidation sites excluding steroid dienone is 3. The zero-order valence-corrected chi connectivity index (χ0v) is 11.3. The van der Waals surface area contributed by atoms with E-state index in [1.54, 1.807) is 13.2 Å². The highest BCUT2D eigenvalue weighted by Gasteiger charge is 2.11. The predicted molar refractivity (Wildman–Crippen MR) is 74.2 cm³/mol. The zero-order valence-electron chi connectivity index (χ0n) is 11.3. The minimum absolute atomic E-state index is 0.0384. The molecule has 1 rings (SSSR count). The highest BCUT2D eigenvalue weighted by molar-refractivity contribution is 5.98. The van der Waals surface area contributed by atoms with E-state index in [0.717, 1.165) is 11.3 Å². The van der Waals surface area contributed by atoms with Gasteiger partial charge in [-0.25, -0.2) is 0 Å². The van der Waals surface area contributed by atoms with Gasteiger partial charge in [0.1, 0.15) is 5.76 Å². The van der Waals surface area contributed by atoms with Crippen LogP contribution < -0.4 is 0 Å². The molecule has 1 aromatic rings. The average Bonchev–Trinajstić information content (AvgIpc) is 2.37. The Kier molecular flexibility index (Phi) is 5.37. The third-order valence-electron chi connectivity index (χ3n) is 2.66. The Morgan fingerprint density at radius 1 is 1.33 bits per heavy atom. The van der Waals surface area contributed by atoms with E-state index in [0.29, 0.717) is 12.0 Å². The Labute approximate surface area is 109 Å². The summed E-state index contributed by atoms with van der Waals surface area (Å²) in [5, 5.41) is 0. The van der Waals surface area contributed by atoms with Crippen LogP contribution in [0.3, 0.4) is 0 Å². The Balaban J connectivity index is 2.78. The van der Waals surface area contributed by atoms with Crippen molar-refractivity contribution in [3.8, 4) is 0 Å². The maximum absolute atomic E-state index is 11.7. The van der Waals surface area contributed by atoms with Gasteiger partial charge in [-0.3, -0.25) is 4.79 Å². The molecule has 0 aliphatic rings. The lowest BCUT2D eigenvalue weighted by Crippen LogP contribution is -2.09. The summed E-state index contributed by atoms with van der Waals surface area (Å²) < 4.78 is 5.30. The molecule has 0 bridgehead atoms. The van der Waals surface area contributed by atoms with E-state index in [1.807, 2.05) is 44.2 Å². The second kappa shape index (κ2) is 6.80. The molecule has 0 aliphatic heterocycles. The molecule has 18 heavy (non-hydrogen) atoms. The van der Waals surface area contributed by atoms with Crippen molar-refractivity contribution in [3.05, 3.63) is 59.9 Å². The van der Waals surface area contributed by atoms with Crippen LogP contribution >= 0.6 is 0 Å². The molecule has 0 spiro atoms. The van der Waals surface area contributed by atoms with Gasteiger partial charge in [-0.05, 0) is 11.6 Å². The highest BCUT2D eigenvalue weighted by Crippen LogP contribution is 2.13. The quantitative estimate of drug-likeness (QED) is 0.434. The van der Waals surface area contributed by atoms with E-state index >= 15 is 0 Å². The fourth-order valence-corrected chi connectivity index (χ4v) is 1.62. The molecule has 2 heteroatoms. The number of rotatable bonds is 6. The summed E-state index contributed by atoms with van der Waals surface area (Å²) in [5.74, 6) is 0.765. The Bertz CT molecular complexity index is 441. The SMILES string of the molecule is C=C(/C=C(/Cc1ccccc1)OC)C(=O)C(C)C. The van der Waals surface area contributed by atoms with Gasteiger partial charge in [0.25, 0.3) is 0 Å². The first-order valence-electron chi connectivity index (χ1n) is 6.06. The number of ether oxygens (including phenoxy) is 1. The maximum Gasteiger partial charge on any atom is 0.164 e. The second-order valence-corrected chi connectivity index (χ2v) is 4.52. The maximum atomic E-state index is 11.7. The van der Waals surface area contributed by atoms with Gasteiger partial charge in [-0.1, -0.05) is 50.8 Å². The van der Waals surface area contributed by atoms with Crippen molar-refractivity contribution in [2.24, 2.45) is 5.92 Å². The molecule has 0 heterocycles. The summed E-state index contributed by atoms with van der Waals surface area (Å²) in [7, 11) is 1.61. The van der Waals surface area contributed by atoms with Gasteiger partial charge < -0.3 is 4.74 Å². The number of carbonyl (C=O) groups is 1. The van der Waals surface area contributed by atoms with Crippen molar-refractivity contribution in [3.63, 3.8) is 0 Å². The minimum Gasteiger partial charge on any atom is -0.501 e. The molecule has 96 valence electrons. The number of benzene rings is 1. The van der Waals surface area contributed by atoms with Gasteiger partial charge >= 0.3 is 0 Å². The lowest BCUT2D eigenvalue weighted by molar-refractivity contribution is -0.117. The Morgan fingerprint density at radius 2 is 1.94 bits per heavy atom. The van der Waals surface area contributed by atoms with Crippen LogP contribution in [0.4, 0.5) is 0 Å². The fourth-order valence-electron chi connectivity index (χ4n) is 1.62. The van der Waals surface area contributed by atoms with E-state index in [9.17, 15) is 4.79 Å². The second-order valence-electron chi connectivity index (χ2n) is 4.52. The molecular weight excluding hydrogens is 224 g/mol. The summed E-state index contributed by atoms with van der Waals surface area (Å²) in [4.78, 5) is 11.7. The Hall–Kier alpha value is -1.83. The van der Waals surface area contributed by atoms with E-state index < -0.39 is 0 Å². The topological polar surface area (TPSA) is 26.3 Å². The van der Waals surface area contributed by atoms with Crippen LogP contribution in [0.5, 0.6) is 0 Å². The van der Waals surface area contributed by atoms with Crippen LogP contribution in [0.2, 0.25) is 0 Å². The van der Waals surface area contributed by atoms with Crippen LogP contribution in [0.1, 0.15) is 19.4 Å². The summed E-state index contributed by atoms with van der Waals surface area (Å²) >= 11 is 0. The van der Waals surface area contributed by atoms with Gasteiger partial charge in [0, 0.05) is 17.9 Å². The normalized spacial score (nSPS) is 11.4. The Morgan fingerprint density at radius 3 is 2.44 bits per heavy atom. The van der Waals surface area contributed by atoms with E-state index in [-0.39, 0.29) is 11.7 Å². The third kappa shape index (κ3) is 4.21. The van der Waals surface area contributed by atoms with Crippen LogP contribution in [-0.4, -0.2) is 12.9 Å². The van der Waals surface area contributed by atoms with E-state index in [1.165, 1.54) is 0 Å². The lowest BCUT2D eigenvalue weighted by Gasteiger charge is -2.08. The van der Waals surface area contributed by atoms with Crippen LogP contribution in [-0.2, 0) is 16.0 Å². The van der Waals surface area contributed by atoms with Gasteiger partial charge in [-0.15, -0.1) is 0 Å². The molecule has 0 saturated carbocycles. The first-order valence-corrected chi connectivity index (χ1v) is 6.06. The summed E-state index contributed by atoms with van der Waals surface area (Å²) in [6, 6.07) is 9.99. The van der Waals surface area contributed by atoms with Gasteiger partial charge in [0.2, 0.25) is 0 Å². The van der Waals surface area contributed by atoms with E-state index in [4.69, 9.17) is 4.74 Å². The lowest BCUT2D eigenvalue weighted by atomic mass is 10.0. The molecule has 0 atom stereocenters. The molecule has 1 aromatic carbocycles. The third-order valence-corrected chi connectivity index (χ3v) is 2.66. The van der Waals surface area contributed by atoms with Crippen LogP contribution in [0, 0.1) is 5.92 Å². The first kappa shape index (κ1) is 14.2.